The average Bonchev–Trinajstić information content (AvgIpc) is 3.38. The number of aromatic nitrogens is 2. The number of nitrogens with one attached hydrogen (secondary N) is 4. The number of carboxylic acid groups (broad SMARTS) is 2. The molecule has 0 aliphatic carbocycles. The fraction of sp³-hybridized carbons (Fsp3) is 0.375. The molecule has 2 aromatic rings. The smallest absolute Gasteiger partial charge is 0.326 e. The quantitative estimate of drug-likeness (QED) is 0.113. The number of benzene rings is 1. The zero-order chi connectivity index (χ0) is 28.9. The number of aliphatic carboxylic acids is 2. The molecule has 15 heteroatoms. The highest BCUT2D eigenvalue weighted by molar-refractivity contribution is 5.95. The molecular weight excluding hydrogens is 514 g/mol. The van der Waals surface area contributed by atoms with Crippen molar-refractivity contribution in [3.8, 4) is 0 Å². The van der Waals surface area contributed by atoms with E-state index in [9.17, 15) is 39.0 Å². The maximum absolute atomic E-state index is 13.0. The fourth-order valence-electron chi connectivity index (χ4n) is 3.54. The predicted octanol–water partition coefficient (Wildman–Crippen LogP) is -2.20. The van der Waals surface area contributed by atoms with Crippen molar-refractivity contribution in [1.29, 1.82) is 0 Å². The maximum Gasteiger partial charge on any atom is 0.326 e. The molecule has 4 unspecified atom stereocenters. The molecule has 1 heterocycles. The van der Waals surface area contributed by atoms with Crippen LogP contribution in [0.4, 0.5) is 0 Å². The summed E-state index contributed by atoms with van der Waals surface area (Å²) < 4.78 is 0. The SMILES string of the molecule is NC(=O)CCC(NC(=O)C(CC(=O)O)NC(=O)C(N)Cc1cnc[nH]1)C(=O)NC(Cc1ccccc1)C(=O)O. The second-order valence-electron chi connectivity index (χ2n) is 8.70. The topological polar surface area (TPSA) is 260 Å². The van der Waals surface area contributed by atoms with Crippen LogP contribution in [0.3, 0.4) is 0 Å². The first-order valence-electron chi connectivity index (χ1n) is 11.9. The third-order valence-corrected chi connectivity index (χ3v) is 5.55. The van der Waals surface area contributed by atoms with Gasteiger partial charge in [-0.05, 0) is 12.0 Å². The van der Waals surface area contributed by atoms with Gasteiger partial charge in [0.1, 0.15) is 18.1 Å². The second kappa shape index (κ2) is 14.8. The molecule has 10 N–H and O–H groups in total. The summed E-state index contributed by atoms with van der Waals surface area (Å²) >= 11 is 0. The van der Waals surface area contributed by atoms with Gasteiger partial charge in [0.15, 0.2) is 0 Å². The van der Waals surface area contributed by atoms with Gasteiger partial charge in [0, 0.05) is 31.2 Å². The number of carbonyl (C=O) groups is 6. The highest BCUT2D eigenvalue weighted by atomic mass is 16.4. The summed E-state index contributed by atoms with van der Waals surface area (Å²) in [4.78, 5) is 79.5. The molecule has 0 spiro atoms. The molecule has 0 aliphatic heterocycles. The van der Waals surface area contributed by atoms with Gasteiger partial charge >= 0.3 is 11.9 Å². The first kappa shape index (κ1) is 30.4. The van der Waals surface area contributed by atoms with Crippen LogP contribution in [0.2, 0.25) is 0 Å². The van der Waals surface area contributed by atoms with E-state index in [1.165, 1.54) is 12.5 Å². The minimum absolute atomic E-state index is 0.0227. The zero-order valence-electron chi connectivity index (χ0n) is 20.8. The summed E-state index contributed by atoms with van der Waals surface area (Å²) in [5, 5.41) is 25.7. The Morgan fingerprint density at radius 1 is 0.872 bits per heavy atom. The number of amides is 4. The molecule has 1 aromatic carbocycles. The molecule has 2 rings (SSSR count). The van der Waals surface area contributed by atoms with Gasteiger partial charge in [0.25, 0.3) is 0 Å². The number of hydrogen-bond donors (Lipinski definition) is 8. The van der Waals surface area contributed by atoms with Gasteiger partial charge in [-0.2, -0.15) is 0 Å². The van der Waals surface area contributed by atoms with E-state index in [0.717, 1.165) is 0 Å². The van der Waals surface area contributed by atoms with Crippen LogP contribution in [0.5, 0.6) is 0 Å². The summed E-state index contributed by atoms with van der Waals surface area (Å²) in [6, 6.07) is 2.86. The third-order valence-electron chi connectivity index (χ3n) is 5.55. The number of nitrogens with zero attached hydrogens (tertiary/aromatic N) is 1. The molecule has 0 saturated carbocycles. The van der Waals surface area contributed by atoms with E-state index >= 15 is 0 Å². The number of hydrogen-bond acceptors (Lipinski definition) is 8. The van der Waals surface area contributed by atoms with Crippen LogP contribution in [0.25, 0.3) is 0 Å². The van der Waals surface area contributed by atoms with E-state index in [2.05, 4.69) is 25.9 Å². The minimum atomic E-state index is -1.63. The zero-order valence-corrected chi connectivity index (χ0v) is 20.8. The van der Waals surface area contributed by atoms with E-state index in [4.69, 9.17) is 11.5 Å². The van der Waals surface area contributed by atoms with Crippen LogP contribution in [0.15, 0.2) is 42.9 Å². The number of H-pyrrole nitrogens is 1. The Morgan fingerprint density at radius 2 is 1.49 bits per heavy atom. The lowest BCUT2D eigenvalue weighted by Gasteiger charge is -2.24. The van der Waals surface area contributed by atoms with Crippen molar-refractivity contribution < 1.29 is 39.0 Å². The van der Waals surface area contributed by atoms with Crippen LogP contribution in [-0.4, -0.2) is 79.9 Å². The molecule has 0 bridgehead atoms. The predicted molar refractivity (Wildman–Crippen MR) is 135 cm³/mol. The van der Waals surface area contributed by atoms with Crippen molar-refractivity contribution in [2.45, 2.75) is 56.3 Å². The van der Waals surface area contributed by atoms with Crippen LogP contribution in [0.1, 0.15) is 30.5 Å². The molecule has 0 fully saturated rings. The molecular formula is C24H31N7O8. The Labute approximate surface area is 222 Å². The summed E-state index contributed by atoms with van der Waals surface area (Å²) in [5.74, 6) is -6.39. The molecule has 15 nitrogen and oxygen atoms in total. The van der Waals surface area contributed by atoms with Gasteiger partial charge in [-0.3, -0.25) is 24.0 Å². The summed E-state index contributed by atoms with van der Waals surface area (Å²) in [6.45, 7) is 0. The van der Waals surface area contributed by atoms with Gasteiger partial charge in [-0.15, -0.1) is 0 Å². The Bertz CT molecular complexity index is 1160. The van der Waals surface area contributed by atoms with Crippen molar-refractivity contribution in [2.75, 3.05) is 0 Å². The summed E-state index contributed by atoms with van der Waals surface area (Å²) in [7, 11) is 0. The normalized spacial score (nSPS) is 13.8. The van der Waals surface area contributed by atoms with Gasteiger partial charge < -0.3 is 42.6 Å². The van der Waals surface area contributed by atoms with Crippen molar-refractivity contribution in [1.82, 2.24) is 25.9 Å². The highest BCUT2D eigenvalue weighted by Gasteiger charge is 2.31. The molecule has 210 valence electrons. The number of aromatic amines is 1. The number of carbonyl (C=O) groups excluding carboxylic acids is 4. The molecule has 39 heavy (non-hydrogen) atoms. The molecule has 4 atom stereocenters. The van der Waals surface area contributed by atoms with Crippen LogP contribution < -0.4 is 27.4 Å². The Kier molecular flexibility index (Phi) is 11.6. The third kappa shape index (κ3) is 10.6. The van der Waals surface area contributed by atoms with E-state index in [0.29, 0.717) is 11.3 Å². The van der Waals surface area contributed by atoms with E-state index < -0.39 is 66.2 Å². The van der Waals surface area contributed by atoms with Gasteiger partial charge in [-0.1, -0.05) is 30.3 Å². The molecule has 0 aliphatic rings. The lowest BCUT2D eigenvalue weighted by atomic mass is 10.0. The first-order valence-corrected chi connectivity index (χ1v) is 11.9. The molecule has 1 aromatic heterocycles. The van der Waals surface area contributed by atoms with Crippen molar-refractivity contribution in [2.24, 2.45) is 11.5 Å². The number of primary amides is 1. The Morgan fingerprint density at radius 3 is 2.05 bits per heavy atom. The van der Waals surface area contributed by atoms with Gasteiger partial charge in [-0.25, -0.2) is 9.78 Å². The highest BCUT2D eigenvalue weighted by Crippen LogP contribution is 2.07. The molecule has 0 saturated heterocycles. The summed E-state index contributed by atoms with van der Waals surface area (Å²) in [5.41, 5.74) is 12.2. The van der Waals surface area contributed by atoms with E-state index in [1.807, 2.05) is 0 Å². The fourth-order valence-corrected chi connectivity index (χ4v) is 3.54. The van der Waals surface area contributed by atoms with Gasteiger partial charge in [0.05, 0.1) is 18.8 Å². The van der Waals surface area contributed by atoms with E-state index in [1.54, 1.807) is 30.3 Å². The van der Waals surface area contributed by atoms with E-state index in [-0.39, 0.29) is 25.7 Å². The Balaban J connectivity index is 2.14. The minimum Gasteiger partial charge on any atom is -0.481 e. The van der Waals surface area contributed by atoms with Crippen molar-refractivity contribution in [3.05, 3.63) is 54.1 Å². The Hall–Kier alpha value is -4.79. The number of nitrogens with two attached hydrogens (primary N) is 2. The van der Waals surface area contributed by atoms with Crippen LogP contribution in [-0.2, 0) is 41.6 Å². The van der Waals surface area contributed by atoms with Crippen molar-refractivity contribution >= 4 is 35.6 Å². The van der Waals surface area contributed by atoms with Gasteiger partial charge in [0.2, 0.25) is 23.6 Å². The maximum atomic E-state index is 13.0. The monoisotopic (exact) mass is 545 g/mol. The van der Waals surface area contributed by atoms with Crippen LogP contribution in [0, 0.1) is 0 Å². The lowest BCUT2D eigenvalue weighted by molar-refractivity contribution is -0.143. The average molecular weight is 546 g/mol. The molecule has 4 amide bonds. The first-order chi connectivity index (χ1) is 18.5. The number of imidazole rings is 1. The number of carboxylic acids is 2. The van der Waals surface area contributed by atoms with Crippen molar-refractivity contribution in [3.63, 3.8) is 0 Å². The van der Waals surface area contributed by atoms with Crippen LogP contribution >= 0.6 is 0 Å². The standard InChI is InChI=1S/C24H31N7O8/c25-15(9-14-11-27-12-28-14)21(35)30-17(10-20(33)34)23(37)29-16(6-7-19(26)32)22(36)31-18(24(38)39)8-13-4-2-1-3-5-13/h1-5,11-12,15-18H,6-10,25H2,(H2,26,32)(H,27,28)(H,29,37)(H,30,35)(H,31,36)(H,33,34)(H,38,39). The number of rotatable bonds is 16. The molecule has 0 radical (unpaired) electrons. The lowest BCUT2D eigenvalue weighted by Crippen LogP contribution is -2.58. The largest absolute Gasteiger partial charge is 0.481 e. The summed E-state index contributed by atoms with van der Waals surface area (Å²) in [6.07, 6.45) is 1.28. The second-order valence-corrected chi connectivity index (χ2v) is 8.70.